The van der Waals surface area contributed by atoms with E-state index in [1.165, 1.54) is 11.8 Å². The smallest absolute Gasteiger partial charge is 0.247 e. The number of furan rings is 1. The Morgan fingerprint density at radius 2 is 2.00 bits per heavy atom. The topological polar surface area (TPSA) is 92.0 Å². The van der Waals surface area contributed by atoms with Crippen LogP contribution in [0.2, 0.25) is 0 Å². The van der Waals surface area contributed by atoms with Gasteiger partial charge in [-0.2, -0.15) is 0 Å². The molecule has 0 atom stereocenters. The van der Waals surface area contributed by atoms with Crippen LogP contribution in [0.15, 0.2) is 69.3 Å². The minimum atomic E-state index is 0.460. The summed E-state index contributed by atoms with van der Waals surface area (Å²) in [4.78, 5) is 0. The van der Waals surface area contributed by atoms with E-state index >= 15 is 0 Å². The number of thioether (sulfide) groups is 1. The molecule has 4 rings (SSSR count). The van der Waals surface area contributed by atoms with E-state index in [2.05, 4.69) is 27.0 Å². The molecule has 0 fully saturated rings. The molecule has 0 aliphatic rings. The second-order valence-corrected chi connectivity index (χ2v) is 6.64. The van der Waals surface area contributed by atoms with Gasteiger partial charge >= 0.3 is 0 Å². The maximum absolute atomic E-state index is 5.76. The highest BCUT2D eigenvalue weighted by Gasteiger charge is 2.17. The molecule has 0 saturated carbocycles. The number of aromatic nitrogens is 5. The van der Waals surface area contributed by atoms with Gasteiger partial charge < -0.3 is 13.6 Å². The largest absolute Gasteiger partial charge is 0.497 e. The molecule has 0 aliphatic carbocycles. The van der Waals surface area contributed by atoms with Gasteiger partial charge in [0.1, 0.15) is 5.75 Å². The molecule has 4 aromatic rings. The summed E-state index contributed by atoms with van der Waals surface area (Å²) in [6.45, 7) is 4.36. The van der Waals surface area contributed by atoms with Crippen LogP contribution in [-0.4, -0.2) is 32.1 Å². The van der Waals surface area contributed by atoms with E-state index in [1.54, 1.807) is 19.4 Å². The number of hydrogen-bond acceptors (Lipinski definition) is 8. The third kappa shape index (κ3) is 3.70. The predicted molar refractivity (Wildman–Crippen MR) is 104 cm³/mol. The summed E-state index contributed by atoms with van der Waals surface area (Å²) in [5.41, 5.74) is 0.833. The number of allylic oxidation sites excluding steroid dienone is 1. The second-order valence-electron chi connectivity index (χ2n) is 5.70. The first-order chi connectivity index (χ1) is 13.8. The van der Waals surface area contributed by atoms with Crippen LogP contribution in [0, 0.1) is 0 Å². The fraction of sp³-hybridized carbons (Fsp3) is 0.158. The Hall–Kier alpha value is -3.33. The third-order valence-electron chi connectivity index (χ3n) is 3.90. The SMILES string of the molecule is C=CCn1c(SCc2nnc(-c3ccc(OC)cc3)o2)nnc1-c1ccco1. The zero-order valence-corrected chi connectivity index (χ0v) is 15.9. The molecule has 142 valence electrons. The Kier molecular flexibility index (Phi) is 5.24. The lowest BCUT2D eigenvalue weighted by Gasteiger charge is -2.04. The van der Waals surface area contributed by atoms with E-state index in [0.717, 1.165) is 16.5 Å². The van der Waals surface area contributed by atoms with Crippen LogP contribution >= 0.6 is 11.8 Å². The van der Waals surface area contributed by atoms with Crippen LogP contribution < -0.4 is 4.74 Å². The molecule has 0 unspecified atom stereocenters. The molecule has 0 amide bonds. The summed E-state index contributed by atoms with van der Waals surface area (Å²) in [6, 6.07) is 11.1. The van der Waals surface area contributed by atoms with E-state index in [9.17, 15) is 0 Å². The average Bonchev–Trinajstić information content (AvgIpc) is 3.48. The number of nitrogens with zero attached hydrogens (tertiary/aromatic N) is 5. The lowest BCUT2D eigenvalue weighted by molar-refractivity contribution is 0.415. The lowest BCUT2D eigenvalue weighted by atomic mass is 10.2. The molecule has 8 nitrogen and oxygen atoms in total. The fourth-order valence-electron chi connectivity index (χ4n) is 2.57. The van der Waals surface area contributed by atoms with E-state index < -0.39 is 0 Å². The van der Waals surface area contributed by atoms with Crippen molar-refractivity contribution in [3.05, 3.63) is 61.2 Å². The Labute approximate surface area is 165 Å². The molecule has 0 aliphatic heterocycles. The highest BCUT2D eigenvalue weighted by atomic mass is 32.2. The summed E-state index contributed by atoms with van der Waals surface area (Å²) < 4.78 is 18.3. The first-order valence-corrected chi connectivity index (χ1v) is 9.44. The van der Waals surface area contributed by atoms with E-state index in [-0.39, 0.29) is 0 Å². The molecule has 9 heteroatoms. The number of hydrogen-bond donors (Lipinski definition) is 0. The zero-order valence-electron chi connectivity index (χ0n) is 15.1. The fourth-order valence-corrected chi connectivity index (χ4v) is 3.35. The van der Waals surface area contributed by atoms with Crippen molar-refractivity contribution in [1.29, 1.82) is 0 Å². The van der Waals surface area contributed by atoms with Crippen LogP contribution in [0.3, 0.4) is 0 Å². The van der Waals surface area contributed by atoms with E-state index in [1.807, 2.05) is 41.0 Å². The van der Waals surface area contributed by atoms with Gasteiger partial charge in [0.25, 0.3) is 0 Å². The van der Waals surface area contributed by atoms with Crippen molar-refractivity contribution in [2.24, 2.45) is 0 Å². The molecule has 0 bridgehead atoms. The maximum Gasteiger partial charge on any atom is 0.247 e. The van der Waals surface area contributed by atoms with Crippen molar-refractivity contribution in [3.63, 3.8) is 0 Å². The quantitative estimate of drug-likeness (QED) is 0.326. The second kappa shape index (κ2) is 8.13. The van der Waals surface area contributed by atoms with E-state index in [0.29, 0.717) is 35.7 Å². The zero-order chi connectivity index (χ0) is 19.3. The highest BCUT2D eigenvalue weighted by molar-refractivity contribution is 7.98. The first kappa shape index (κ1) is 18.1. The molecule has 0 saturated heterocycles. The third-order valence-corrected chi connectivity index (χ3v) is 4.85. The van der Waals surface area contributed by atoms with Crippen molar-refractivity contribution >= 4 is 11.8 Å². The van der Waals surface area contributed by atoms with Gasteiger partial charge in [0.05, 0.1) is 19.1 Å². The summed E-state index contributed by atoms with van der Waals surface area (Å²) in [5.74, 6) is 3.51. The van der Waals surface area contributed by atoms with Crippen molar-refractivity contribution in [1.82, 2.24) is 25.0 Å². The molecule has 0 radical (unpaired) electrons. The first-order valence-electron chi connectivity index (χ1n) is 8.46. The van der Waals surface area contributed by atoms with E-state index in [4.69, 9.17) is 13.6 Å². The van der Waals surface area contributed by atoms with Gasteiger partial charge in [0.2, 0.25) is 17.6 Å². The van der Waals surface area contributed by atoms with Gasteiger partial charge in [-0.05, 0) is 36.4 Å². The van der Waals surface area contributed by atoms with Gasteiger partial charge in [0.15, 0.2) is 10.9 Å². The molecule has 1 aromatic carbocycles. The van der Waals surface area contributed by atoms with Crippen LogP contribution in [0.1, 0.15) is 5.89 Å². The van der Waals surface area contributed by atoms with Gasteiger partial charge in [0, 0.05) is 12.1 Å². The predicted octanol–water partition coefficient (Wildman–Crippen LogP) is 4.08. The summed E-state index contributed by atoms with van der Waals surface area (Å²) in [6.07, 6.45) is 3.39. The normalized spacial score (nSPS) is 10.9. The monoisotopic (exact) mass is 395 g/mol. The van der Waals surface area contributed by atoms with Crippen LogP contribution in [0.4, 0.5) is 0 Å². The van der Waals surface area contributed by atoms with Gasteiger partial charge in [-0.25, -0.2) is 0 Å². The van der Waals surface area contributed by atoms with Crippen molar-refractivity contribution in [2.75, 3.05) is 7.11 Å². The Morgan fingerprint density at radius 1 is 1.14 bits per heavy atom. The minimum absolute atomic E-state index is 0.460. The number of ether oxygens (including phenoxy) is 1. The van der Waals surface area contributed by atoms with Gasteiger partial charge in [-0.15, -0.1) is 27.0 Å². The van der Waals surface area contributed by atoms with Crippen molar-refractivity contribution in [2.45, 2.75) is 17.5 Å². The summed E-state index contributed by atoms with van der Waals surface area (Å²) >= 11 is 1.46. The molecule has 28 heavy (non-hydrogen) atoms. The summed E-state index contributed by atoms with van der Waals surface area (Å²) in [7, 11) is 1.62. The highest BCUT2D eigenvalue weighted by Crippen LogP contribution is 2.28. The molecule has 3 aromatic heterocycles. The molecular weight excluding hydrogens is 378 g/mol. The molecule has 0 N–H and O–H groups in total. The Balaban J connectivity index is 1.49. The van der Waals surface area contributed by atoms with Crippen LogP contribution in [0.25, 0.3) is 23.0 Å². The standard InChI is InChI=1S/C19H17N5O3S/c1-3-10-24-17(15-5-4-11-26-15)21-23-19(24)28-12-16-20-22-18(27-16)13-6-8-14(25-2)9-7-13/h3-9,11H,1,10,12H2,2H3. The van der Waals surface area contributed by atoms with Gasteiger partial charge in [-0.1, -0.05) is 17.8 Å². The van der Waals surface area contributed by atoms with Crippen molar-refractivity contribution in [3.8, 4) is 28.8 Å². The Bertz CT molecular complexity index is 1050. The lowest BCUT2D eigenvalue weighted by Crippen LogP contribution is -2.00. The summed E-state index contributed by atoms with van der Waals surface area (Å²) in [5, 5.41) is 17.4. The van der Waals surface area contributed by atoms with Crippen molar-refractivity contribution < 1.29 is 13.6 Å². The molecule has 3 heterocycles. The Morgan fingerprint density at radius 3 is 2.71 bits per heavy atom. The molecule has 0 spiro atoms. The van der Waals surface area contributed by atoms with Crippen LogP contribution in [0.5, 0.6) is 5.75 Å². The number of benzene rings is 1. The number of methoxy groups -OCH3 is 1. The number of rotatable bonds is 8. The van der Waals surface area contributed by atoms with Crippen LogP contribution in [-0.2, 0) is 12.3 Å². The molecular formula is C19H17N5O3S. The maximum atomic E-state index is 5.76. The van der Waals surface area contributed by atoms with Gasteiger partial charge in [-0.3, -0.25) is 4.57 Å². The average molecular weight is 395 g/mol. The minimum Gasteiger partial charge on any atom is -0.497 e.